The molecule has 240 valence electrons. The Morgan fingerprint density at radius 2 is 1.79 bits per heavy atom. The fraction of sp³-hybridized carbons (Fsp3) is 0.200. The number of benzene rings is 3. The van der Waals surface area contributed by atoms with Gasteiger partial charge in [0.25, 0.3) is 5.91 Å². The molecule has 1 amide bonds. The lowest BCUT2D eigenvalue weighted by Crippen LogP contribution is -2.32. The molecule has 8 nitrogen and oxygen atoms in total. The minimum atomic E-state index is -3.60. The van der Waals surface area contributed by atoms with E-state index in [1.54, 1.807) is 42.2 Å². The van der Waals surface area contributed by atoms with Crippen molar-refractivity contribution in [2.24, 2.45) is 0 Å². The van der Waals surface area contributed by atoms with Crippen LogP contribution in [0.4, 0.5) is 26.0 Å². The number of halogens is 2. The number of aliphatic hydroxyl groups excluding tert-OH is 1. The van der Waals surface area contributed by atoms with Crippen molar-refractivity contribution in [3.05, 3.63) is 124 Å². The number of carbonyl (C=O) groups is 1. The molecule has 4 heterocycles. The standard InChI is InChI=1S/C35H30F2N4O4S2/c1-21-6-4-8-26(37)32(21)39-34(42)29-19-22-14-15-41(28-10-3-2-7-25(28)33(22)46-29)35(43)27-9-5-11-31(38-27)40-16-17-47(44,45)30-13-12-24(36)18-23(30)20-40/h2-13,18-19,35,43H,14-17,20H2,1H3,(H,39,42). The molecule has 0 radical (unpaired) electrons. The SMILES string of the molecule is Cc1cccc(F)c1NC(=O)c1cc2c(s1)-c1ccccc1N(C(O)c1cccc(N3CCS(=O)(=O)c4ccc(F)cc4C3)n1)CC2. The molecule has 2 aromatic heterocycles. The van der Waals surface area contributed by atoms with Crippen LogP contribution in [0.3, 0.4) is 0 Å². The molecule has 0 aliphatic carbocycles. The zero-order valence-electron chi connectivity index (χ0n) is 25.3. The first-order valence-electron chi connectivity index (χ1n) is 15.1. The van der Waals surface area contributed by atoms with E-state index in [2.05, 4.69) is 5.32 Å². The van der Waals surface area contributed by atoms with Crippen LogP contribution in [-0.4, -0.2) is 43.3 Å². The lowest BCUT2D eigenvalue weighted by atomic mass is 10.1. The lowest BCUT2D eigenvalue weighted by molar-refractivity contribution is 0.102. The average Bonchev–Trinajstić information content (AvgIpc) is 3.36. The highest BCUT2D eigenvalue weighted by Crippen LogP contribution is 2.43. The van der Waals surface area contributed by atoms with Gasteiger partial charge in [-0.15, -0.1) is 11.3 Å². The number of hydrogen-bond donors (Lipinski definition) is 2. The molecule has 0 saturated carbocycles. The van der Waals surface area contributed by atoms with Crippen LogP contribution in [0.2, 0.25) is 0 Å². The number of aryl methyl sites for hydroxylation is 1. The molecular formula is C35H30F2N4O4S2. The van der Waals surface area contributed by atoms with Crippen molar-refractivity contribution >= 4 is 44.3 Å². The number of nitrogens with one attached hydrogen (secondary N) is 1. The molecule has 47 heavy (non-hydrogen) atoms. The normalized spacial score (nSPS) is 15.9. The Kier molecular flexibility index (Phi) is 8.03. The van der Waals surface area contributed by atoms with E-state index in [9.17, 15) is 27.1 Å². The Labute approximate surface area is 274 Å². The van der Waals surface area contributed by atoms with E-state index < -0.39 is 33.6 Å². The Morgan fingerprint density at radius 1 is 0.979 bits per heavy atom. The summed E-state index contributed by atoms with van der Waals surface area (Å²) in [6.45, 7) is 2.46. The van der Waals surface area contributed by atoms with E-state index in [4.69, 9.17) is 4.98 Å². The summed E-state index contributed by atoms with van der Waals surface area (Å²) in [6, 6.07) is 23.0. The molecule has 12 heteroatoms. The molecule has 2 aliphatic rings. The van der Waals surface area contributed by atoms with Crippen LogP contribution >= 0.6 is 11.3 Å². The van der Waals surface area contributed by atoms with Crippen LogP contribution in [0, 0.1) is 18.6 Å². The minimum absolute atomic E-state index is 0.120. The average molecular weight is 673 g/mol. The number of thiophene rings is 1. The summed E-state index contributed by atoms with van der Waals surface area (Å²) in [4.78, 5) is 23.1. The number of anilines is 3. The Hall–Kier alpha value is -4.65. The van der Waals surface area contributed by atoms with Crippen molar-refractivity contribution in [1.29, 1.82) is 0 Å². The van der Waals surface area contributed by atoms with Crippen LogP contribution in [-0.2, 0) is 22.8 Å². The summed E-state index contributed by atoms with van der Waals surface area (Å²) in [7, 11) is -3.60. The Balaban J connectivity index is 1.17. The third-order valence-electron chi connectivity index (χ3n) is 8.56. The Morgan fingerprint density at radius 3 is 2.62 bits per heavy atom. The number of aliphatic hydroxyl groups is 1. The molecule has 0 fully saturated rings. The number of carbonyl (C=O) groups excluding carboxylic acids is 1. The second-order valence-electron chi connectivity index (χ2n) is 11.6. The third kappa shape index (κ3) is 5.88. The van der Waals surface area contributed by atoms with Gasteiger partial charge in [-0.25, -0.2) is 22.2 Å². The third-order valence-corrected chi connectivity index (χ3v) is 11.6. The molecule has 3 aromatic carbocycles. The molecule has 1 unspecified atom stereocenters. The maximum absolute atomic E-state index is 14.4. The van der Waals surface area contributed by atoms with Gasteiger partial charge in [0.1, 0.15) is 17.5 Å². The van der Waals surface area contributed by atoms with Crippen molar-refractivity contribution in [3.63, 3.8) is 0 Å². The monoisotopic (exact) mass is 672 g/mol. The van der Waals surface area contributed by atoms with Crippen molar-refractivity contribution in [1.82, 2.24) is 4.98 Å². The lowest BCUT2D eigenvalue weighted by Gasteiger charge is -2.30. The van der Waals surface area contributed by atoms with Crippen LogP contribution < -0.4 is 15.1 Å². The van der Waals surface area contributed by atoms with Crippen molar-refractivity contribution in [2.75, 3.05) is 34.0 Å². The smallest absolute Gasteiger partial charge is 0.265 e. The van der Waals surface area contributed by atoms with Gasteiger partial charge in [-0.2, -0.15) is 0 Å². The number of pyridine rings is 1. The van der Waals surface area contributed by atoms with E-state index in [1.165, 1.54) is 29.5 Å². The summed E-state index contributed by atoms with van der Waals surface area (Å²) < 4.78 is 54.3. The molecule has 0 saturated heterocycles. The predicted octanol–water partition coefficient (Wildman–Crippen LogP) is 6.50. The van der Waals surface area contributed by atoms with Gasteiger partial charge < -0.3 is 20.2 Å². The second kappa shape index (κ2) is 12.2. The zero-order chi connectivity index (χ0) is 32.9. The van der Waals surface area contributed by atoms with E-state index in [0.29, 0.717) is 40.5 Å². The first-order chi connectivity index (χ1) is 22.6. The molecule has 2 aliphatic heterocycles. The number of amides is 1. The number of fused-ring (bicyclic) bond motifs is 4. The van der Waals surface area contributed by atoms with Gasteiger partial charge in [0.05, 0.1) is 26.9 Å². The van der Waals surface area contributed by atoms with Crippen LogP contribution in [0.5, 0.6) is 0 Å². The second-order valence-corrected chi connectivity index (χ2v) is 14.7. The van der Waals surface area contributed by atoms with Crippen LogP contribution in [0.15, 0.2) is 89.8 Å². The number of para-hydroxylation sites is 2. The first kappa shape index (κ1) is 31.0. The minimum Gasteiger partial charge on any atom is -0.368 e. The zero-order valence-corrected chi connectivity index (χ0v) is 26.9. The molecule has 0 bridgehead atoms. The van der Waals surface area contributed by atoms with Gasteiger partial charge >= 0.3 is 0 Å². The molecule has 7 rings (SSSR count). The molecule has 2 N–H and O–H groups in total. The van der Waals surface area contributed by atoms with E-state index in [1.807, 2.05) is 35.2 Å². The van der Waals surface area contributed by atoms with Crippen LogP contribution in [0.1, 0.15) is 38.3 Å². The van der Waals surface area contributed by atoms with E-state index in [-0.39, 0.29) is 29.4 Å². The maximum atomic E-state index is 14.4. The number of rotatable bonds is 5. The quantitative estimate of drug-likeness (QED) is 0.206. The maximum Gasteiger partial charge on any atom is 0.265 e. The highest BCUT2D eigenvalue weighted by atomic mass is 32.2. The molecule has 1 atom stereocenters. The van der Waals surface area contributed by atoms with Crippen LogP contribution in [0.25, 0.3) is 10.4 Å². The predicted molar refractivity (Wildman–Crippen MR) is 179 cm³/mol. The topological polar surface area (TPSA) is 103 Å². The fourth-order valence-electron chi connectivity index (χ4n) is 6.17. The highest BCUT2D eigenvalue weighted by molar-refractivity contribution is 7.91. The number of hydrogen-bond acceptors (Lipinski definition) is 8. The number of nitrogens with zero attached hydrogens (tertiary/aromatic N) is 3. The number of aromatic nitrogens is 1. The van der Waals surface area contributed by atoms with E-state index >= 15 is 0 Å². The summed E-state index contributed by atoms with van der Waals surface area (Å²) in [5.41, 5.74) is 4.06. The summed E-state index contributed by atoms with van der Waals surface area (Å²) in [5, 5.41) is 14.5. The summed E-state index contributed by atoms with van der Waals surface area (Å²) in [6.07, 6.45) is -0.618. The first-order valence-corrected chi connectivity index (χ1v) is 17.5. The highest BCUT2D eigenvalue weighted by Gasteiger charge is 2.30. The van der Waals surface area contributed by atoms with Gasteiger partial charge in [-0.05, 0) is 78.6 Å². The van der Waals surface area contributed by atoms with Gasteiger partial charge in [0.2, 0.25) is 0 Å². The molecular weight excluding hydrogens is 643 g/mol. The molecule has 0 spiro atoms. The van der Waals surface area contributed by atoms with Gasteiger partial charge in [0.15, 0.2) is 16.1 Å². The van der Waals surface area contributed by atoms with Crippen molar-refractivity contribution in [2.45, 2.75) is 31.0 Å². The number of sulfone groups is 1. The Bertz CT molecular complexity index is 2120. The summed E-state index contributed by atoms with van der Waals surface area (Å²) in [5.74, 6) is -1.08. The van der Waals surface area contributed by atoms with Gasteiger partial charge in [-0.3, -0.25) is 4.79 Å². The van der Waals surface area contributed by atoms with E-state index in [0.717, 1.165) is 27.8 Å². The van der Waals surface area contributed by atoms with Crippen molar-refractivity contribution < 1.29 is 27.1 Å². The summed E-state index contributed by atoms with van der Waals surface area (Å²) >= 11 is 1.32. The largest absolute Gasteiger partial charge is 0.368 e. The van der Waals surface area contributed by atoms with Gasteiger partial charge in [0, 0.05) is 35.8 Å². The van der Waals surface area contributed by atoms with Crippen molar-refractivity contribution in [3.8, 4) is 10.4 Å². The molecule has 5 aromatic rings. The fourth-order valence-corrected chi connectivity index (χ4v) is 8.78. The van der Waals surface area contributed by atoms with Gasteiger partial charge in [-0.1, -0.05) is 36.4 Å².